The van der Waals surface area contributed by atoms with Crippen LogP contribution in [0.1, 0.15) is 11.3 Å². The van der Waals surface area contributed by atoms with Crippen LogP contribution in [-0.4, -0.2) is 9.78 Å². The number of aromatic nitrogens is 2. The molecule has 0 atom stereocenters. The lowest BCUT2D eigenvalue weighted by Gasteiger charge is -2.11. The van der Waals surface area contributed by atoms with Crippen molar-refractivity contribution >= 4 is 38.3 Å². The van der Waals surface area contributed by atoms with Gasteiger partial charge in [0.05, 0.1) is 21.6 Å². The maximum atomic E-state index is 6.06. The lowest BCUT2D eigenvalue weighted by atomic mass is 10.1. The number of hydrogen-bond acceptors (Lipinski definition) is 2. The largest absolute Gasteiger partial charge is 0.438 e. The maximum absolute atomic E-state index is 6.06. The van der Waals surface area contributed by atoms with E-state index in [1.165, 1.54) is 0 Å². The summed E-state index contributed by atoms with van der Waals surface area (Å²) < 4.78 is 8.71. The third kappa shape index (κ3) is 2.54. The minimum absolute atomic E-state index is 0.375. The average Bonchev–Trinajstić information content (AvgIpc) is 2.75. The predicted molar refractivity (Wildman–Crippen MR) is 89.2 cm³/mol. The highest BCUT2D eigenvalue weighted by Crippen LogP contribution is 2.37. The number of aryl methyl sites for hydroxylation is 2. The highest BCUT2D eigenvalue weighted by atomic mass is 79.9. The summed E-state index contributed by atoms with van der Waals surface area (Å²) in [7, 11) is 1.85. The Bertz CT molecular complexity index is 813. The van der Waals surface area contributed by atoms with Crippen LogP contribution in [0.25, 0.3) is 10.8 Å². The molecule has 3 rings (SSSR count). The third-order valence-electron chi connectivity index (χ3n) is 3.46. The van der Waals surface area contributed by atoms with Gasteiger partial charge in [-0.15, -0.1) is 11.6 Å². The first-order valence-electron chi connectivity index (χ1n) is 6.55. The van der Waals surface area contributed by atoms with Gasteiger partial charge in [0.25, 0.3) is 0 Å². The fourth-order valence-corrected chi connectivity index (χ4v) is 3.24. The summed E-state index contributed by atoms with van der Waals surface area (Å²) in [6.45, 7) is 1.93. The molecule has 3 aromatic rings. The second kappa shape index (κ2) is 5.70. The molecule has 0 N–H and O–H groups in total. The molecule has 0 aliphatic heterocycles. The van der Waals surface area contributed by atoms with Gasteiger partial charge in [0.15, 0.2) is 0 Å². The Morgan fingerprint density at radius 2 is 2.00 bits per heavy atom. The van der Waals surface area contributed by atoms with Crippen molar-refractivity contribution in [2.24, 2.45) is 7.05 Å². The Hall–Kier alpha value is -1.52. The van der Waals surface area contributed by atoms with Gasteiger partial charge >= 0.3 is 0 Å². The van der Waals surface area contributed by atoms with Crippen molar-refractivity contribution in [2.75, 3.05) is 0 Å². The van der Waals surface area contributed by atoms with Crippen molar-refractivity contribution in [3.8, 4) is 11.6 Å². The van der Waals surface area contributed by atoms with Crippen LogP contribution in [0.3, 0.4) is 0 Å². The normalized spacial score (nSPS) is 11.0. The van der Waals surface area contributed by atoms with E-state index in [4.69, 9.17) is 16.3 Å². The Morgan fingerprint density at radius 1 is 1.24 bits per heavy atom. The molecule has 0 spiro atoms. The van der Waals surface area contributed by atoms with E-state index in [9.17, 15) is 0 Å². The van der Waals surface area contributed by atoms with E-state index in [1.807, 2.05) is 38.2 Å². The highest BCUT2D eigenvalue weighted by molar-refractivity contribution is 9.10. The van der Waals surface area contributed by atoms with E-state index in [-0.39, 0.29) is 0 Å². The number of fused-ring (bicyclic) bond motifs is 1. The van der Waals surface area contributed by atoms with Gasteiger partial charge in [0, 0.05) is 7.05 Å². The minimum Gasteiger partial charge on any atom is -0.438 e. The van der Waals surface area contributed by atoms with E-state index < -0.39 is 0 Å². The standard InChI is InChI=1S/C16H14BrClN2O/c1-10-13(9-18)16(20(2)19-10)21-14-8-7-11-5-3-4-6-12(11)15(14)17/h3-8H,9H2,1-2H3. The second-order valence-electron chi connectivity index (χ2n) is 4.83. The summed E-state index contributed by atoms with van der Waals surface area (Å²) in [5, 5.41) is 6.64. The van der Waals surface area contributed by atoms with Crippen molar-refractivity contribution in [2.45, 2.75) is 12.8 Å². The number of halogens is 2. The van der Waals surface area contributed by atoms with Gasteiger partial charge < -0.3 is 4.74 Å². The molecule has 1 aromatic heterocycles. The SMILES string of the molecule is Cc1nn(C)c(Oc2ccc3ccccc3c2Br)c1CCl. The molecule has 2 aromatic carbocycles. The Kier molecular flexibility index (Phi) is 3.91. The number of ether oxygens (including phenoxy) is 1. The molecule has 0 amide bonds. The molecule has 0 bridgehead atoms. The summed E-state index contributed by atoms with van der Waals surface area (Å²) in [5.74, 6) is 1.81. The molecule has 0 aliphatic carbocycles. The summed E-state index contributed by atoms with van der Waals surface area (Å²) in [6, 6.07) is 12.2. The number of nitrogens with zero attached hydrogens (tertiary/aromatic N) is 2. The van der Waals surface area contributed by atoms with Crippen molar-refractivity contribution in [3.05, 3.63) is 52.1 Å². The van der Waals surface area contributed by atoms with Gasteiger partial charge in [0.2, 0.25) is 5.88 Å². The monoisotopic (exact) mass is 364 g/mol. The van der Waals surface area contributed by atoms with Crippen molar-refractivity contribution < 1.29 is 4.74 Å². The molecule has 1 heterocycles. The fraction of sp³-hybridized carbons (Fsp3) is 0.188. The third-order valence-corrected chi connectivity index (χ3v) is 4.54. The van der Waals surface area contributed by atoms with E-state index in [0.29, 0.717) is 11.8 Å². The highest BCUT2D eigenvalue weighted by Gasteiger charge is 2.16. The number of hydrogen-bond donors (Lipinski definition) is 0. The van der Waals surface area contributed by atoms with Crippen LogP contribution in [0.15, 0.2) is 40.9 Å². The van der Waals surface area contributed by atoms with Crippen LogP contribution < -0.4 is 4.74 Å². The smallest absolute Gasteiger partial charge is 0.222 e. The van der Waals surface area contributed by atoms with Gasteiger partial charge in [-0.3, -0.25) is 0 Å². The Labute approximate surface area is 136 Å². The molecular formula is C16H14BrClN2O. The molecule has 0 fully saturated rings. The maximum Gasteiger partial charge on any atom is 0.222 e. The molecule has 0 aliphatic rings. The van der Waals surface area contributed by atoms with Crippen molar-refractivity contribution in [3.63, 3.8) is 0 Å². The summed E-state index contributed by atoms with van der Waals surface area (Å²) in [5.41, 5.74) is 1.80. The van der Waals surface area contributed by atoms with Crippen LogP contribution in [0.2, 0.25) is 0 Å². The lowest BCUT2D eigenvalue weighted by Crippen LogP contribution is -1.97. The van der Waals surface area contributed by atoms with Crippen LogP contribution in [0.5, 0.6) is 11.6 Å². The molecule has 0 saturated heterocycles. The molecule has 21 heavy (non-hydrogen) atoms. The molecule has 108 valence electrons. The minimum atomic E-state index is 0.375. The first kappa shape index (κ1) is 14.4. The molecule has 5 heteroatoms. The summed E-state index contributed by atoms with van der Waals surface area (Å²) >= 11 is 9.64. The van der Waals surface area contributed by atoms with E-state index >= 15 is 0 Å². The number of benzene rings is 2. The van der Waals surface area contributed by atoms with Crippen molar-refractivity contribution in [1.82, 2.24) is 9.78 Å². The summed E-state index contributed by atoms with van der Waals surface area (Å²) in [4.78, 5) is 0. The van der Waals surface area contributed by atoms with E-state index in [1.54, 1.807) is 4.68 Å². The Balaban J connectivity index is 2.08. The molecular weight excluding hydrogens is 352 g/mol. The zero-order valence-corrected chi connectivity index (χ0v) is 14.1. The van der Waals surface area contributed by atoms with Crippen molar-refractivity contribution in [1.29, 1.82) is 0 Å². The molecule has 0 saturated carbocycles. The first-order valence-corrected chi connectivity index (χ1v) is 7.88. The fourth-order valence-electron chi connectivity index (χ4n) is 2.36. The zero-order valence-electron chi connectivity index (χ0n) is 11.7. The first-order chi connectivity index (χ1) is 10.1. The van der Waals surface area contributed by atoms with Gasteiger partial charge in [-0.05, 0) is 39.7 Å². The Morgan fingerprint density at radius 3 is 2.76 bits per heavy atom. The lowest BCUT2D eigenvalue weighted by molar-refractivity contribution is 0.425. The van der Waals surface area contributed by atoms with Gasteiger partial charge in [0.1, 0.15) is 5.75 Å². The number of alkyl halides is 1. The second-order valence-corrected chi connectivity index (χ2v) is 5.89. The van der Waals surface area contributed by atoms with Crippen LogP contribution in [-0.2, 0) is 12.9 Å². The van der Waals surface area contributed by atoms with E-state index in [0.717, 1.165) is 32.3 Å². The zero-order chi connectivity index (χ0) is 15.0. The van der Waals surface area contributed by atoms with Gasteiger partial charge in [-0.1, -0.05) is 30.3 Å². The van der Waals surface area contributed by atoms with Gasteiger partial charge in [-0.25, -0.2) is 4.68 Å². The summed E-state index contributed by atoms with van der Waals surface area (Å²) in [6.07, 6.45) is 0. The van der Waals surface area contributed by atoms with Crippen LogP contribution >= 0.6 is 27.5 Å². The average molecular weight is 366 g/mol. The molecule has 0 unspecified atom stereocenters. The quantitative estimate of drug-likeness (QED) is 0.598. The van der Waals surface area contributed by atoms with Gasteiger partial charge in [-0.2, -0.15) is 5.10 Å². The molecule has 0 radical (unpaired) electrons. The number of rotatable bonds is 3. The van der Waals surface area contributed by atoms with Crippen LogP contribution in [0.4, 0.5) is 0 Å². The van der Waals surface area contributed by atoms with E-state index in [2.05, 4.69) is 33.2 Å². The molecule has 3 nitrogen and oxygen atoms in total. The topological polar surface area (TPSA) is 27.1 Å². The predicted octanol–water partition coefficient (Wildman–Crippen LogP) is 5.18. The van der Waals surface area contributed by atoms with Crippen LogP contribution in [0, 0.1) is 6.92 Å².